The van der Waals surface area contributed by atoms with E-state index < -0.39 is 16.6 Å². The first-order valence-electron chi connectivity index (χ1n) is 7.57. The van der Waals surface area contributed by atoms with Crippen molar-refractivity contribution in [2.45, 2.75) is 45.2 Å². The number of rotatable bonds is 3. The van der Waals surface area contributed by atoms with E-state index in [4.69, 9.17) is 0 Å². The summed E-state index contributed by atoms with van der Waals surface area (Å²) < 4.78 is 0. The molecule has 0 saturated carbocycles. The third-order valence-electron chi connectivity index (χ3n) is 4.07. The summed E-state index contributed by atoms with van der Waals surface area (Å²) in [6.45, 7) is 6.79. The van der Waals surface area contributed by atoms with Gasteiger partial charge in [-0.3, -0.25) is 15.1 Å². The van der Waals surface area contributed by atoms with Crippen molar-refractivity contribution in [3.63, 3.8) is 0 Å². The van der Waals surface area contributed by atoms with Crippen LogP contribution >= 0.6 is 0 Å². The summed E-state index contributed by atoms with van der Waals surface area (Å²) in [5.41, 5.74) is 0.0550. The quantitative estimate of drug-likeness (QED) is 0.678. The summed E-state index contributed by atoms with van der Waals surface area (Å²) in [5.74, 6) is 0. The van der Waals surface area contributed by atoms with Crippen LogP contribution in [0.2, 0.25) is 0 Å². The van der Waals surface area contributed by atoms with E-state index in [1.165, 1.54) is 17.3 Å². The standard InChI is InChI=1S/C15H22N4O4/c1-15(2,3)18(14(20)21)11-5-8-17(9-6-11)12-4-7-16-10-13(12)19(22)23/h4,7,10-11H,5-6,8-9H2,1-3H3,(H,20,21). The smallest absolute Gasteiger partial charge is 0.407 e. The Labute approximate surface area is 134 Å². The second-order valence-electron chi connectivity index (χ2n) is 6.66. The molecule has 2 rings (SSSR count). The van der Waals surface area contributed by atoms with Gasteiger partial charge in [0.05, 0.1) is 4.92 Å². The molecule has 23 heavy (non-hydrogen) atoms. The Balaban J connectivity index is 2.13. The predicted octanol–water partition coefficient (Wildman–Crippen LogP) is 2.74. The summed E-state index contributed by atoms with van der Waals surface area (Å²) in [4.78, 5) is 29.5. The van der Waals surface area contributed by atoms with Gasteiger partial charge in [-0.15, -0.1) is 0 Å². The predicted molar refractivity (Wildman–Crippen MR) is 85.7 cm³/mol. The van der Waals surface area contributed by atoms with E-state index in [0.29, 0.717) is 31.6 Å². The van der Waals surface area contributed by atoms with Gasteiger partial charge in [0.25, 0.3) is 0 Å². The molecule has 2 heterocycles. The van der Waals surface area contributed by atoms with Gasteiger partial charge in [-0.1, -0.05) is 0 Å². The average Bonchev–Trinajstić information content (AvgIpc) is 2.46. The van der Waals surface area contributed by atoms with Crippen molar-refractivity contribution in [1.29, 1.82) is 0 Å². The Morgan fingerprint density at radius 1 is 1.43 bits per heavy atom. The zero-order valence-electron chi connectivity index (χ0n) is 13.6. The summed E-state index contributed by atoms with van der Waals surface area (Å²) in [6, 6.07) is 1.56. The molecule has 0 aliphatic carbocycles. The second kappa shape index (κ2) is 6.39. The monoisotopic (exact) mass is 322 g/mol. The van der Waals surface area contributed by atoms with E-state index in [1.807, 2.05) is 25.7 Å². The van der Waals surface area contributed by atoms with Crippen LogP contribution in [0.15, 0.2) is 18.5 Å². The number of nitro groups is 1. The number of nitrogens with zero attached hydrogens (tertiary/aromatic N) is 4. The molecule has 0 spiro atoms. The molecule has 0 radical (unpaired) electrons. The Kier molecular flexibility index (Phi) is 4.72. The van der Waals surface area contributed by atoms with Crippen molar-refractivity contribution in [3.8, 4) is 0 Å². The number of aromatic nitrogens is 1. The van der Waals surface area contributed by atoms with Crippen LogP contribution in [0.3, 0.4) is 0 Å². The highest BCUT2D eigenvalue weighted by Gasteiger charge is 2.36. The van der Waals surface area contributed by atoms with Crippen LogP contribution in [-0.2, 0) is 0 Å². The molecule has 1 saturated heterocycles. The normalized spacial score (nSPS) is 16.2. The molecular formula is C15H22N4O4. The van der Waals surface area contributed by atoms with Crippen LogP contribution in [0.5, 0.6) is 0 Å². The number of hydrogen-bond acceptors (Lipinski definition) is 5. The van der Waals surface area contributed by atoms with Crippen molar-refractivity contribution in [1.82, 2.24) is 9.88 Å². The summed E-state index contributed by atoms with van der Waals surface area (Å²) in [6.07, 6.45) is 3.14. The molecule has 0 unspecified atom stereocenters. The summed E-state index contributed by atoms with van der Waals surface area (Å²) in [5, 5.41) is 20.6. The van der Waals surface area contributed by atoms with Crippen LogP contribution in [0.4, 0.5) is 16.2 Å². The fourth-order valence-corrected chi connectivity index (χ4v) is 3.14. The van der Waals surface area contributed by atoms with Crippen LogP contribution in [0, 0.1) is 10.1 Å². The number of amides is 1. The molecule has 1 N–H and O–H groups in total. The minimum absolute atomic E-state index is 0.0168. The van der Waals surface area contributed by atoms with Gasteiger partial charge < -0.3 is 14.9 Å². The molecule has 1 aromatic rings. The lowest BCUT2D eigenvalue weighted by Gasteiger charge is -2.43. The molecule has 126 valence electrons. The van der Waals surface area contributed by atoms with Gasteiger partial charge in [-0.25, -0.2) is 4.79 Å². The lowest BCUT2D eigenvalue weighted by atomic mass is 9.96. The van der Waals surface area contributed by atoms with E-state index in [0.717, 1.165) is 0 Å². The number of carbonyl (C=O) groups is 1. The molecule has 0 bridgehead atoms. The van der Waals surface area contributed by atoms with Gasteiger partial charge in [0, 0.05) is 30.9 Å². The molecule has 0 atom stereocenters. The van der Waals surface area contributed by atoms with Crippen LogP contribution < -0.4 is 4.90 Å². The van der Waals surface area contributed by atoms with Crippen LogP contribution in [0.1, 0.15) is 33.6 Å². The third-order valence-corrected chi connectivity index (χ3v) is 4.07. The first-order chi connectivity index (χ1) is 10.7. The van der Waals surface area contributed by atoms with Gasteiger partial charge in [0.15, 0.2) is 0 Å². The van der Waals surface area contributed by atoms with Crippen molar-refractivity contribution in [2.75, 3.05) is 18.0 Å². The molecule has 8 heteroatoms. The van der Waals surface area contributed by atoms with Gasteiger partial charge in [-0.05, 0) is 39.7 Å². The number of hydrogen-bond donors (Lipinski definition) is 1. The number of pyridine rings is 1. The highest BCUT2D eigenvalue weighted by Crippen LogP contribution is 2.31. The molecule has 1 aliphatic rings. The lowest BCUT2D eigenvalue weighted by molar-refractivity contribution is -0.384. The molecule has 1 aliphatic heterocycles. The number of carboxylic acid groups (broad SMARTS) is 1. The largest absolute Gasteiger partial charge is 0.465 e. The Hall–Kier alpha value is -2.38. The SMILES string of the molecule is CC(C)(C)N(C(=O)O)C1CCN(c2ccncc2[N+](=O)[O-])CC1. The number of piperidine rings is 1. The molecule has 1 aromatic heterocycles. The van der Waals surface area contributed by atoms with E-state index >= 15 is 0 Å². The van der Waals surface area contributed by atoms with Crippen LogP contribution in [0.25, 0.3) is 0 Å². The highest BCUT2D eigenvalue weighted by molar-refractivity contribution is 5.67. The maximum Gasteiger partial charge on any atom is 0.407 e. The first-order valence-corrected chi connectivity index (χ1v) is 7.57. The Morgan fingerprint density at radius 3 is 2.52 bits per heavy atom. The fraction of sp³-hybridized carbons (Fsp3) is 0.600. The maximum absolute atomic E-state index is 11.6. The van der Waals surface area contributed by atoms with Crippen molar-refractivity contribution >= 4 is 17.5 Å². The topological polar surface area (TPSA) is 99.8 Å². The number of anilines is 1. The van der Waals surface area contributed by atoms with Gasteiger partial charge >= 0.3 is 11.8 Å². The minimum Gasteiger partial charge on any atom is -0.465 e. The third kappa shape index (κ3) is 3.69. The van der Waals surface area contributed by atoms with E-state index in [2.05, 4.69) is 4.98 Å². The van der Waals surface area contributed by atoms with Gasteiger partial charge in [0.1, 0.15) is 11.9 Å². The Bertz CT molecular complexity index is 591. The molecule has 1 amide bonds. The minimum atomic E-state index is -0.925. The highest BCUT2D eigenvalue weighted by atomic mass is 16.6. The summed E-state index contributed by atoms with van der Waals surface area (Å²) >= 11 is 0. The summed E-state index contributed by atoms with van der Waals surface area (Å²) in [7, 11) is 0. The Morgan fingerprint density at radius 2 is 2.04 bits per heavy atom. The van der Waals surface area contributed by atoms with Crippen molar-refractivity contribution in [2.24, 2.45) is 0 Å². The first kappa shape index (κ1) is 17.0. The maximum atomic E-state index is 11.6. The zero-order valence-corrected chi connectivity index (χ0v) is 13.6. The fourth-order valence-electron chi connectivity index (χ4n) is 3.14. The second-order valence-corrected chi connectivity index (χ2v) is 6.66. The molecule has 0 aromatic carbocycles. The van der Waals surface area contributed by atoms with Crippen molar-refractivity contribution < 1.29 is 14.8 Å². The van der Waals surface area contributed by atoms with Gasteiger partial charge in [0.2, 0.25) is 0 Å². The molecular weight excluding hydrogens is 300 g/mol. The van der Waals surface area contributed by atoms with Gasteiger partial charge in [-0.2, -0.15) is 0 Å². The van der Waals surface area contributed by atoms with Crippen LogP contribution in [-0.4, -0.2) is 50.7 Å². The van der Waals surface area contributed by atoms with E-state index in [-0.39, 0.29) is 11.7 Å². The van der Waals surface area contributed by atoms with Crippen molar-refractivity contribution in [3.05, 3.63) is 28.6 Å². The van der Waals surface area contributed by atoms with E-state index in [1.54, 1.807) is 6.07 Å². The molecule has 1 fully saturated rings. The average molecular weight is 322 g/mol. The van der Waals surface area contributed by atoms with E-state index in [9.17, 15) is 20.0 Å². The molecule has 8 nitrogen and oxygen atoms in total. The lowest BCUT2D eigenvalue weighted by Crippen LogP contribution is -2.54. The zero-order chi connectivity index (χ0) is 17.2.